The number of aromatic nitrogens is 1. The fourth-order valence-electron chi connectivity index (χ4n) is 4.51. The molecule has 1 aliphatic carbocycles. The average molecular weight is 360 g/mol. The summed E-state index contributed by atoms with van der Waals surface area (Å²) in [6, 6.07) is 6.14. The molecule has 2 aliphatic rings. The van der Waals surface area contributed by atoms with E-state index in [-0.39, 0.29) is 17.1 Å². The molecule has 1 aromatic heterocycles. The minimum absolute atomic E-state index is 0.00168. The van der Waals surface area contributed by atoms with Crippen molar-refractivity contribution in [3.63, 3.8) is 0 Å². The molecule has 144 valence electrons. The van der Waals surface area contributed by atoms with Crippen LogP contribution in [0.2, 0.25) is 0 Å². The molecule has 1 atom stereocenters. The molecule has 1 saturated carbocycles. The van der Waals surface area contributed by atoms with Crippen molar-refractivity contribution >= 4 is 6.09 Å². The van der Waals surface area contributed by atoms with E-state index in [1.54, 1.807) is 0 Å². The van der Waals surface area contributed by atoms with Gasteiger partial charge >= 0.3 is 6.09 Å². The normalized spacial score (nSPS) is 25.2. The van der Waals surface area contributed by atoms with Gasteiger partial charge < -0.3 is 14.8 Å². The summed E-state index contributed by atoms with van der Waals surface area (Å²) in [7, 11) is 0. The van der Waals surface area contributed by atoms with Gasteiger partial charge in [0.05, 0.1) is 5.60 Å². The van der Waals surface area contributed by atoms with Crippen LogP contribution >= 0.6 is 0 Å². The van der Waals surface area contributed by atoms with E-state index in [1.807, 2.05) is 33.0 Å². The Labute approximate surface area is 156 Å². The third-order valence-electron chi connectivity index (χ3n) is 5.64. The highest BCUT2D eigenvalue weighted by Gasteiger charge is 2.48. The first-order chi connectivity index (χ1) is 12.3. The third kappa shape index (κ3) is 4.56. The van der Waals surface area contributed by atoms with Crippen LogP contribution in [0.5, 0.6) is 0 Å². The monoisotopic (exact) mass is 360 g/mol. The number of carbonyl (C=O) groups is 1. The molecule has 26 heavy (non-hydrogen) atoms. The van der Waals surface area contributed by atoms with Gasteiger partial charge in [0.25, 0.3) is 0 Å². The van der Waals surface area contributed by atoms with E-state index in [1.165, 1.54) is 12.8 Å². The standard InChI is InChI=1S/C21H32N2O3/c1-19(2,3)26-18(24)23-14-11-20(17-8-4-7-13-22-17)12-15-25-21(16-20)9-5-6-10-21/h4,7-8,13H,5-6,9-12,14-16H2,1-3H3,(H,23,24)/t20-/m1/s1. The molecule has 1 N–H and O–H groups in total. The average Bonchev–Trinajstić information content (AvgIpc) is 3.01. The van der Waals surface area contributed by atoms with Crippen molar-refractivity contribution in [3.05, 3.63) is 30.1 Å². The minimum atomic E-state index is -0.477. The van der Waals surface area contributed by atoms with Gasteiger partial charge in [-0.15, -0.1) is 0 Å². The summed E-state index contributed by atoms with van der Waals surface area (Å²) in [6.07, 6.45) is 9.08. The number of nitrogens with one attached hydrogen (secondary N) is 1. The van der Waals surface area contributed by atoms with Crippen LogP contribution in [-0.2, 0) is 14.9 Å². The van der Waals surface area contributed by atoms with Crippen LogP contribution < -0.4 is 5.32 Å². The molecular formula is C21H32N2O3. The van der Waals surface area contributed by atoms with Crippen LogP contribution in [0.4, 0.5) is 4.79 Å². The molecule has 0 unspecified atom stereocenters. The minimum Gasteiger partial charge on any atom is -0.444 e. The van der Waals surface area contributed by atoms with Crippen molar-refractivity contribution in [1.82, 2.24) is 10.3 Å². The second kappa shape index (κ2) is 7.55. The fraction of sp³-hybridized carbons (Fsp3) is 0.714. The molecule has 5 nitrogen and oxygen atoms in total. The van der Waals surface area contributed by atoms with Gasteiger partial charge in [0, 0.05) is 30.5 Å². The van der Waals surface area contributed by atoms with Crippen LogP contribution in [0.3, 0.4) is 0 Å². The van der Waals surface area contributed by atoms with E-state index in [4.69, 9.17) is 9.47 Å². The highest BCUT2D eigenvalue weighted by Crippen LogP contribution is 2.49. The molecule has 3 rings (SSSR count). The van der Waals surface area contributed by atoms with E-state index in [0.717, 1.165) is 44.4 Å². The zero-order chi connectivity index (χ0) is 18.7. The SMILES string of the molecule is CC(C)(C)OC(=O)NCC[C@@]1(c2ccccn2)CCOC2(CCCC2)C1. The summed E-state index contributed by atoms with van der Waals surface area (Å²) < 4.78 is 11.6. The number of pyridine rings is 1. The molecule has 1 saturated heterocycles. The van der Waals surface area contributed by atoms with E-state index in [0.29, 0.717) is 6.54 Å². The molecular weight excluding hydrogens is 328 g/mol. The van der Waals surface area contributed by atoms with Crippen LogP contribution in [-0.4, -0.2) is 35.4 Å². The highest BCUT2D eigenvalue weighted by atomic mass is 16.6. The third-order valence-corrected chi connectivity index (χ3v) is 5.64. The molecule has 1 aliphatic heterocycles. The van der Waals surface area contributed by atoms with Crippen molar-refractivity contribution in [2.24, 2.45) is 0 Å². The summed E-state index contributed by atoms with van der Waals surface area (Å²) in [5.41, 5.74) is 0.608. The largest absolute Gasteiger partial charge is 0.444 e. The molecule has 1 spiro atoms. The van der Waals surface area contributed by atoms with E-state index < -0.39 is 5.60 Å². The lowest BCUT2D eigenvalue weighted by molar-refractivity contribution is -0.104. The van der Waals surface area contributed by atoms with Gasteiger partial charge in [0.1, 0.15) is 5.60 Å². The van der Waals surface area contributed by atoms with E-state index >= 15 is 0 Å². The Morgan fingerprint density at radius 2 is 2.04 bits per heavy atom. The Kier molecular flexibility index (Phi) is 5.56. The lowest BCUT2D eigenvalue weighted by atomic mass is 9.68. The number of nitrogens with zero attached hydrogens (tertiary/aromatic N) is 1. The second-order valence-corrected chi connectivity index (χ2v) is 8.84. The molecule has 2 fully saturated rings. The maximum atomic E-state index is 12.0. The van der Waals surface area contributed by atoms with Gasteiger partial charge in [-0.2, -0.15) is 0 Å². The van der Waals surface area contributed by atoms with Gasteiger partial charge in [0.15, 0.2) is 0 Å². The number of amides is 1. The number of carbonyl (C=O) groups excluding carboxylic acids is 1. The van der Waals surface area contributed by atoms with Crippen LogP contribution in [0, 0.1) is 0 Å². The predicted octanol–water partition coefficient (Wildman–Crippen LogP) is 4.36. The Morgan fingerprint density at radius 1 is 1.27 bits per heavy atom. The van der Waals surface area contributed by atoms with Crippen molar-refractivity contribution in [1.29, 1.82) is 0 Å². The first-order valence-electron chi connectivity index (χ1n) is 9.85. The van der Waals surface area contributed by atoms with Gasteiger partial charge in [-0.1, -0.05) is 18.9 Å². The Hall–Kier alpha value is -1.62. The number of hydrogen-bond donors (Lipinski definition) is 1. The Balaban J connectivity index is 1.71. The lowest BCUT2D eigenvalue weighted by Crippen LogP contribution is -2.48. The van der Waals surface area contributed by atoms with Crippen LogP contribution in [0.1, 0.15) is 71.4 Å². The number of hydrogen-bond acceptors (Lipinski definition) is 4. The molecule has 0 aromatic carbocycles. The molecule has 0 bridgehead atoms. The summed E-state index contributed by atoms with van der Waals surface area (Å²) in [5, 5.41) is 2.93. The summed E-state index contributed by atoms with van der Waals surface area (Å²) in [4.78, 5) is 16.7. The van der Waals surface area contributed by atoms with Crippen LogP contribution in [0.25, 0.3) is 0 Å². The summed E-state index contributed by atoms with van der Waals surface area (Å²) in [6.45, 7) is 6.99. The van der Waals surface area contributed by atoms with Gasteiger partial charge in [-0.25, -0.2) is 4.79 Å². The lowest BCUT2D eigenvalue weighted by Gasteiger charge is -2.46. The zero-order valence-corrected chi connectivity index (χ0v) is 16.3. The molecule has 2 heterocycles. The Morgan fingerprint density at radius 3 is 2.69 bits per heavy atom. The molecule has 0 radical (unpaired) electrons. The Bertz CT molecular complexity index is 605. The maximum Gasteiger partial charge on any atom is 0.407 e. The zero-order valence-electron chi connectivity index (χ0n) is 16.3. The number of alkyl carbamates (subject to hydrolysis) is 1. The highest BCUT2D eigenvalue weighted by molar-refractivity contribution is 5.67. The van der Waals surface area contributed by atoms with Crippen molar-refractivity contribution in [3.8, 4) is 0 Å². The smallest absolute Gasteiger partial charge is 0.407 e. The number of ether oxygens (including phenoxy) is 2. The summed E-state index contributed by atoms with van der Waals surface area (Å²) in [5.74, 6) is 0. The van der Waals surface area contributed by atoms with E-state index in [9.17, 15) is 4.79 Å². The molecule has 1 amide bonds. The second-order valence-electron chi connectivity index (χ2n) is 8.84. The molecule has 5 heteroatoms. The van der Waals surface area contributed by atoms with Gasteiger partial charge in [0.2, 0.25) is 0 Å². The summed E-state index contributed by atoms with van der Waals surface area (Å²) >= 11 is 0. The topological polar surface area (TPSA) is 60.5 Å². The van der Waals surface area contributed by atoms with Crippen molar-refractivity contribution in [2.45, 2.75) is 82.3 Å². The van der Waals surface area contributed by atoms with Gasteiger partial charge in [-0.3, -0.25) is 4.98 Å². The first-order valence-corrected chi connectivity index (χ1v) is 9.85. The predicted molar refractivity (Wildman–Crippen MR) is 101 cm³/mol. The maximum absolute atomic E-state index is 12.0. The van der Waals surface area contributed by atoms with Crippen molar-refractivity contribution < 1.29 is 14.3 Å². The van der Waals surface area contributed by atoms with Crippen LogP contribution in [0.15, 0.2) is 24.4 Å². The van der Waals surface area contributed by atoms with Crippen molar-refractivity contribution in [2.75, 3.05) is 13.2 Å². The number of rotatable bonds is 4. The quantitative estimate of drug-likeness (QED) is 0.867. The fourth-order valence-corrected chi connectivity index (χ4v) is 4.51. The van der Waals surface area contributed by atoms with Gasteiger partial charge in [-0.05, 0) is 65.0 Å². The van der Waals surface area contributed by atoms with E-state index in [2.05, 4.69) is 22.4 Å². The molecule has 1 aromatic rings. The first kappa shape index (κ1) is 19.2.